The Balaban J connectivity index is 0.000000180. The van der Waals surface area contributed by atoms with Crippen LogP contribution >= 0.6 is 0 Å². The molecule has 1 aromatic heterocycles. The van der Waals surface area contributed by atoms with Crippen LogP contribution in [0.2, 0.25) is 0 Å². The summed E-state index contributed by atoms with van der Waals surface area (Å²) in [7, 11) is 0. The molecule has 1 aromatic rings. The second-order valence-electron chi connectivity index (χ2n) is 2.81. The van der Waals surface area contributed by atoms with Gasteiger partial charge in [-0.15, -0.1) is 0 Å². The number of halogens is 8. The molecular weight excluding hydrogens is 280 g/mol. The number of hydrogen-bond acceptors (Lipinski definition) is 2. The molecule has 10 heteroatoms. The van der Waals surface area contributed by atoms with Crippen molar-refractivity contribution in [2.45, 2.75) is 5.92 Å². The van der Waals surface area contributed by atoms with Crippen molar-refractivity contribution in [2.24, 2.45) is 0 Å². The summed E-state index contributed by atoms with van der Waals surface area (Å²) in [6.45, 7) is 0. The van der Waals surface area contributed by atoms with Crippen LogP contribution in [0.5, 0.6) is 0 Å². The Morgan fingerprint density at radius 3 is 1.33 bits per heavy atom. The third kappa shape index (κ3) is 2.09. The molecule has 0 bridgehead atoms. The van der Waals surface area contributed by atoms with Gasteiger partial charge in [0.25, 0.3) is 5.78 Å². The van der Waals surface area contributed by atoms with Gasteiger partial charge < -0.3 is 4.42 Å². The lowest BCUT2D eigenvalue weighted by molar-refractivity contribution is -0.144. The normalized spacial score (nSPS) is 17.2. The number of furan rings is 1. The predicted octanol–water partition coefficient (Wildman–Crippen LogP) is 3.19. The first-order valence-corrected chi connectivity index (χ1v) is 3.87. The van der Waals surface area contributed by atoms with Gasteiger partial charge in [-0.05, 0) is 0 Å². The van der Waals surface area contributed by atoms with Crippen molar-refractivity contribution >= 4 is 5.78 Å². The lowest BCUT2D eigenvalue weighted by atomic mass is 10.0. The minimum atomic E-state index is -4.19. The molecule has 100 valence electrons. The van der Waals surface area contributed by atoms with Crippen LogP contribution in [0.3, 0.4) is 0 Å². The Hall–Kier alpha value is -1.87. The maximum Gasteiger partial charge on any atom is 0.365 e. The Morgan fingerprint density at radius 1 is 0.833 bits per heavy atom. The Morgan fingerprint density at radius 2 is 1.22 bits per heavy atom. The topological polar surface area (TPSA) is 30.2 Å². The highest BCUT2D eigenvalue weighted by atomic mass is 19.3. The van der Waals surface area contributed by atoms with Gasteiger partial charge in [0.05, 0.1) is 0 Å². The number of allylic oxidation sites excluding steroid dienone is 2. The van der Waals surface area contributed by atoms with Gasteiger partial charge in [-0.3, -0.25) is 4.79 Å². The Bertz CT molecular complexity index is 507. The van der Waals surface area contributed by atoms with Gasteiger partial charge in [0.15, 0.2) is 0 Å². The predicted molar refractivity (Wildman–Crippen MR) is 37.7 cm³/mol. The van der Waals surface area contributed by atoms with Crippen molar-refractivity contribution in [1.29, 1.82) is 0 Å². The number of Topliss-reactive ketones (excluding diaryl/α,β-unsaturated/α-hetero) is 1. The first-order chi connectivity index (χ1) is 8.10. The van der Waals surface area contributed by atoms with E-state index in [0.717, 1.165) is 0 Å². The Kier molecular flexibility index (Phi) is 3.49. The van der Waals surface area contributed by atoms with E-state index in [1.54, 1.807) is 0 Å². The van der Waals surface area contributed by atoms with Crippen molar-refractivity contribution < 1.29 is 44.3 Å². The largest absolute Gasteiger partial charge is 0.399 e. The van der Waals surface area contributed by atoms with Gasteiger partial charge in [0.1, 0.15) is 0 Å². The summed E-state index contributed by atoms with van der Waals surface area (Å²) in [5.74, 6) is -14.3. The molecular formula is C8F8O2. The fourth-order valence-electron chi connectivity index (χ4n) is 0.753. The van der Waals surface area contributed by atoms with Crippen molar-refractivity contribution in [3.8, 4) is 0 Å². The number of hydrogen-bond donors (Lipinski definition) is 0. The number of ketones is 1. The molecule has 0 saturated carbocycles. The van der Waals surface area contributed by atoms with E-state index in [9.17, 15) is 39.9 Å². The van der Waals surface area contributed by atoms with E-state index in [4.69, 9.17) is 0 Å². The van der Waals surface area contributed by atoms with Gasteiger partial charge in [-0.2, -0.15) is 30.7 Å². The number of carbonyl (C=O) groups excluding carboxylic acids is 1. The molecule has 0 amide bonds. The molecule has 0 unspecified atom stereocenters. The summed E-state index contributed by atoms with van der Waals surface area (Å²) >= 11 is 0. The zero-order valence-electron chi connectivity index (χ0n) is 7.84. The Labute approximate surface area is 92.5 Å². The van der Waals surface area contributed by atoms with Crippen LogP contribution in [0.25, 0.3) is 0 Å². The summed E-state index contributed by atoms with van der Waals surface area (Å²) in [5, 5.41) is 0. The van der Waals surface area contributed by atoms with E-state index in [0.29, 0.717) is 0 Å². The van der Waals surface area contributed by atoms with Crippen LogP contribution < -0.4 is 0 Å². The smallest absolute Gasteiger partial charge is 0.365 e. The lowest BCUT2D eigenvalue weighted by Gasteiger charge is -2.19. The number of carbonyl (C=O) groups is 1. The van der Waals surface area contributed by atoms with Crippen molar-refractivity contribution in [3.05, 3.63) is 35.3 Å². The fourth-order valence-corrected chi connectivity index (χ4v) is 0.753. The van der Waals surface area contributed by atoms with Gasteiger partial charge in [0, 0.05) is 0 Å². The third-order valence-corrected chi connectivity index (χ3v) is 1.67. The molecule has 0 atom stereocenters. The van der Waals surface area contributed by atoms with Gasteiger partial charge >= 0.3 is 18.0 Å². The SMILES string of the molecule is Fc1oc(F)c(F)c1F.O=C1C(F)=C(F)C1(F)F. The van der Waals surface area contributed by atoms with E-state index < -0.39 is 47.0 Å². The molecule has 1 aliphatic rings. The highest BCUT2D eigenvalue weighted by molar-refractivity contribution is 6.08. The quantitative estimate of drug-likeness (QED) is 0.683. The zero-order chi connectivity index (χ0) is 14.2. The molecule has 0 radical (unpaired) electrons. The molecule has 0 aromatic carbocycles. The molecule has 18 heavy (non-hydrogen) atoms. The van der Waals surface area contributed by atoms with Crippen LogP contribution in [-0.4, -0.2) is 11.7 Å². The maximum absolute atomic E-state index is 11.7. The van der Waals surface area contributed by atoms with Gasteiger partial charge in [-0.1, -0.05) is 0 Å². The van der Waals surface area contributed by atoms with Gasteiger partial charge in [-0.25, -0.2) is 4.39 Å². The van der Waals surface area contributed by atoms with Crippen molar-refractivity contribution in [1.82, 2.24) is 0 Å². The van der Waals surface area contributed by atoms with E-state index in [2.05, 4.69) is 4.42 Å². The zero-order valence-corrected chi connectivity index (χ0v) is 7.84. The molecule has 1 heterocycles. The van der Waals surface area contributed by atoms with E-state index in [-0.39, 0.29) is 0 Å². The average Bonchev–Trinajstić information content (AvgIpc) is 2.54. The second-order valence-corrected chi connectivity index (χ2v) is 2.81. The van der Waals surface area contributed by atoms with Gasteiger partial charge in [0.2, 0.25) is 23.3 Å². The van der Waals surface area contributed by atoms with E-state index in [1.807, 2.05) is 0 Å². The lowest BCUT2D eigenvalue weighted by Crippen LogP contribution is -2.40. The number of rotatable bonds is 0. The summed E-state index contributed by atoms with van der Waals surface area (Å²) in [4.78, 5) is 9.67. The molecule has 2 nitrogen and oxygen atoms in total. The minimum absolute atomic E-state index is 1.87. The fraction of sp³-hybridized carbons (Fsp3) is 0.125. The molecule has 2 rings (SSSR count). The average molecular weight is 280 g/mol. The summed E-state index contributed by atoms with van der Waals surface area (Å²) < 4.78 is 95.8. The van der Waals surface area contributed by atoms with Crippen LogP contribution in [0.15, 0.2) is 16.1 Å². The molecule has 1 aliphatic carbocycles. The van der Waals surface area contributed by atoms with E-state index in [1.165, 1.54) is 0 Å². The second kappa shape index (κ2) is 4.42. The third-order valence-electron chi connectivity index (χ3n) is 1.67. The molecule has 0 aliphatic heterocycles. The summed E-state index contributed by atoms with van der Waals surface area (Å²) in [6, 6.07) is -3.74. The van der Waals surface area contributed by atoms with Crippen molar-refractivity contribution in [3.63, 3.8) is 0 Å². The molecule has 0 saturated heterocycles. The number of alkyl halides is 2. The summed E-state index contributed by atoms with van der Waals surface area (Å²) in [6.07, 6.45) is 0. The standard InChI is InChI=1S/2C4F4O/c5-1-2(6)4(8)9-3(1)7;5-1-2(6)4(7,8)3(1)9. The first kappa shape index (κ1) is 14.2. The van der Waals surface area contributed by atoms with Crippen LogP contribution in [-0.2, 0) is 4.79 Å². The van der Waals surface area contributed by atoms with Crippen LogP contribution in [0.1, 0.15) is 0 Å². The summed E-state index contributed by atoms with van der Waals surface area (Å²) in [5.41, 5.74) is 0. The molecule has 0 spiro atoms. The highest BCUT2D eigenvalue weighted by Crippen LogP contribution is 2.41. The monoisotopic (exact) mass is 280 g/mol. The van der Waals surface area contributed by atoms with Crippen molar-refractivity contribution in [2.75, 3.05) is 0 Å². The van der Waals surface area contributed by atoms with Crippen LogP contribution in [0, 0.1) is 23.7 Å². The molecule has 0 fully saturated rings. The minimum Gasteiger partial charge on any atom is -0.399 e. The van der Waals surface area contributed by atoms with E-state index >= 15 is 0 Å². The van der Waals surface area contributed by atoms with Crippen LogP contribution in [0.4, 0.5) is 35.1 Å². The first-order valence-electron chi connectivity index (χ1n) is 3.87. The highest BCUT2D eigenvalue weighted by Gasteiger charge is 2.58. The maximum atomic E-state index is 11.7. The molecule has 0 N–H and O–H groups in total.